The van der Waals surface area contributed by atoms with Crippen molar-refractivity contribution in [2.45, 2.75) is 6.61 Å². The zero-order chi connectivity index (χ0) is 5.11. The SMILES string of the molecule is OCc1[c-]ccs1.[Li+]. The monoisotopic (exact) mass is 120 g/mol. The maximum atomic E-state index is 8.41. The quantitative estimate of drug-likeness (QED) is 0.337. The van der Waals surface area contributed by atoms with E-state index in [1.807, 2.05) is 5.38 Å². The minimum atomic E-state index is 0. The van der Waals surface area contributed by atoms with Crippen LogP contribution < -0.4 is 18.9 Å². The van der Waals surface area contributed by atoms with Gasteiger partial charge in [-0.25, -0.2) is 12.1 Å². The number of hydrogen-bond donors (Lipinski definition) is 1. The van der Waals surface area contributed by atoms with Gasteiger partial charge in [0.1, 0.15) is 0 Å². The molecule has 1 rings (SSSR count). The fourth-order valence-corrected chi connectivity index (χ4v) is 0.871. The van der Waals surface area contributed by atoms with Crippen LogP contribution in [0.1, 0.15) is 4.88 Å². The molecule has 0 spiro atoms. The number of aliphatic hydroxyl groups is 1. The van der Waals surface area contributed by atoms with Crippen molar-refractivity contribution < 1.29 is 24.0 Å². The molecule has 3 heteroatoms. The van der Waals surface area contributed by atoms with E-state index in [0.717, 1.165) is 4.88 Å². The van der Waals surface area contributed by atoms with E-state index in [9.17, 15) is 0 Å². The molecule has 1 aromatic rings. The second-order valence-corrected chi connectivity index (χ2v) is 2.15. The van der Waals surface area contributed by atoms with E-state index in [1.54, 1.807) is 6.07 Å². The molecular formula is C5H5LiOS. The largest absolute Gasteiger partial charge is 1.00 e. The Morgan fingerprint density at radius 3 is 2.75 bits per heavy atom. The first-order valence-electron chi connectivity index (χ1n) is 1.98. The molecule has 0 radical (unpaired) electrons. The molecule has 0 aliphatic heterocycles. The average Bonchev–Trinajstić information content (AvgIpc) is 2.14. The molecule has 0 saturated heterocycles. The Balaban J connectivity index is 0.000000490. The number of rotatable bonds is 1. The summed E-state index contributed by atoms with van der Waals surface area (Å²) in [5.41, 5.74) is 0. The topological polar surface area (TPSA) is 20.2 Å². The summed E-state index contributed by atoms with van der Waals surface area (Å²) in [6.45, 7) is 0.123. The van der Waals surface area contributed by atoms with Crippen LogP contribution >= 0.6 is 11.3 Å². The zero-order valence-corrected chi connectivity index (χ0v) is 5.53. The Kier molecular flexibility index (Phi) is 4.30. The van der Waals surface area contributed by atoms with Crippen molar-refractivity contribution in [3.63, 3.8) is 0 Å². The second kappa shape index (κ2) is 4.17. The van der Waals surface area contributed by atoms with Crippen molar-refractivity contribution in [1.29, 1.82) is 0 Å². The van der Waals surface area contributed by atoms with Gasteiger partial charge in [0.2, 0.25) is 0 Å². The molecule has 38 valence electrons. The van der Waals surface area contributed by atoms with Gasteiger partial charge in [0.25, 0.3) is 0 Å². The zero-order valence-electron chi connectivity index (χ0n) is 4.72. The molecule has 0 saturated carbocycles. The molecule has 0 aliphatic carbocycles. The molecule has 0 atom stereocenters. The smallest absolute Gasteiger partial charge is 0.393 e. The Hall–Kier alpha value is 0.257. The number of thiophene rings is 1. The van der Waals surface area contributed by atoms with Gasteiger partial charge in [-0.2, -0.15) is 5.38 Å². The van der Waals surface area contributed by atoms with E-state index in [2.05, 4.69) is 6.07 Å². The molecule has 1 N–H and O–H groups in total. The van der Waals surface area contributed by atoms with Crippen molar-refractivity contribution in [1.82, 2.24) is 0 Å². The van der Waals surface area contributed by atoms with Crippen molar-refractivity contribution in [2.75, 3.05) is 0 Å². The molecule has 0 bridgehead atoms. The van der Waals surface area contributed by atoms with Crippen LogP contribution in [0.4, 0.5) is 0 Å². The second-order valence-electron chi connectivity index (χ2n) is 1.15. The van der Waals surface area contributed by atoms with E-state index in [-0.39, 0.29) is 25.5 Å². The van der Waals surface area contributed by atoms with Gasteiger partial charge in [-0.3, -0.25) is 11.3 Å². The Labute approximate surface area is 64.5 Å². The van der Waals surface area contributed by atoms with Crippen molar-refractivity contribution in [3.05, 3.63) is 22.4 Å². The van der Waals surface area contributed by atoms with Crippen molar-refractivity contribution >= 4 is 11.3 Å². The third-order valence-corrected chi connectivity index (χ3v) is 1.47. The van der Waals surface area contributed by atoms with Gasteiger partial charge >= 0.3 is 18.9 Å². The molecule has 0 fully saturated rings. The summed E-state index contributed by atoms with van der Waals surface area (Å²) in [5.74, 6) is 0. The predicted octanol–water partition coefficient (Wildman–Crippen LogP) is -1.96. The van der Waals surface area contributed by atoms with E-state index in [1.165, 1.54) is 11.3 Å². The first-order valence-corrected chi connectivity index (χ1v) is 2.86. The molecule has 8 heavy (non-hydrogen) atoms. The summed E-state index contributed by atoms with van der Waals surface area (Å²) in [6, 6.07) is 4.66. The standard InChI is InChI=1S/C5H5OS.Li/c6-4-5-2-1-3-7-5;/h1,3,6H,4H2;/q-1;+1. The predicted molar refractivity (Wildman–Crippen MR) is 29.1 cm³/mol. The first-order chi connectivity index (χ1) is 3.43. The Bertz CT molecular complexity index is 127. The first kappa shape index (κ1) is 8.26. The summed E-state index contributed by atoms with van der Waals surface area (Å²) < 4.78 is 0. The van der Waals surface area contributed by atoms with Crippen LogP contribution in [0.2, 0.25) is 0 Å². The molecule has 1 aromatic heterocycles. The van der Waals surface area contributed by atoms with Crippen LogP contribution in [-0.2, 0) is 6.61 Å². The maximum absolute atomic E-state index is 8.41. The van der Waals surface area contributed by atoms with Crippen LogP contribution in [0.15, 0.2) is 11.4 Å². The summed E-state index contributed by atoms with van der Waals surface area (Å²) in [6.07, 6.45) is 0. The van der Waals surface area contributed by atoms with E-state index in [4.69, 9.17) is 5.11 Å². The molecule has 1 nitrogen and oxygen atoms in total. The van der Waals surface area contributed by atoms with Crippen LogP contribution in [-0.4, -0.2) is 5.11 Å². The molecule has 0 aromatic carbocycles. The normalized spacial score (nSPS) is 8.12. The summed E-state index contributed by atoms with van der Waals surface area (Å²) in [4.78, 5) is 0.903. The van der Waals surface area contributed by atoms with Gasteiger partial charge in [-0.1, -0.05) is 4.88 Å². The maximum Gasteiger partial charge on any atom is 1.00 e. The van der Waals surface area contributed by atoms with Gasteiger partial charge in [-0.05, 0) is 0 Å². The van der Waals surface area contributed by atoms with Crippen LogP contribution in [0.5, 0.6) is 0 Å². The van der Waals surface area contributed by atoms with Crippen LogP contribution in [0.25, 0.3) is 0 Å². The third kappa shape index (κ3) is 2.02. The average molecular weight is 120 g/mol. The van der Waals surface area contributed by atoms with Gasteiger partial charge < -0.3 is 5.11 Å². The van der Waals surface area contributed by atoms with Gasteiger partial charge in [0, 0.05) is 0 Å². The molecule has 0 unspecified atom stereocenters. The van der Waals surface area contributed by atoms with Gasteiger partial charge in [0.05, 0.1) is 6.61 Å². The minimum absolute atomic E-state index is 0. The van der Waals surface area contributed by atoms with Crippen LogP contribution in [0, 0.1) is 6.07 Å². The summed E-state index contributed by atoms with van der Waals surface area (Å²) >= 11 is 1.52. The van der Waals surface area contributed by atoms with Crippen molar-refractivity contribution in [3.8, 4) is 0 Å². The summed E-state index contributed by atoms with van der Waals surface area (Å²) in [7, 11) is 0. The van der Waals surface area contributed by atoms with Gasteiger partial charge in [-0.15, -0.1) is 0 Å². The van der Waals surface area contributed by atoms with Crippen LogP contribution in [0.3, 0.4) is 0 Å². The van der Waals surface area contributed by atoms with E-state index < -0.39 is 0 Å². The fourth-order valence-electron chi connectivity index (χ4n) is 0.360. The third-order valence-electron chi connectivity index (χ3n) is 0.666. The Morgan fingerprint density at radius 2 is 2.50 bits per heavy atom. The van der Waals surface area contributed by atoms with E-state index >= 15 is 0 Å². The molecule has 0 amide bonds. The Morgan fingerprint density at radius 1 is 1.75 bits per heavy atom. The number of aliphatic hydroxyl groups excluding tert-OH is 1. The number of hydrogen-bond acceptors (Lipinski definition) is 2. The van der Waals surface area contributed by atoms with Crippen molar-refractivity contribution in [2.24, 2.45) is 0 Å². The molecular weight excluding hydrogens is 115 g/mol. The fraction of sp³-hybridized carbons (Fsp3) is 0.200. The summed E-state index contributed by atoms with van der Waals surface area (Å²) in [5, 5.41) is 10.3. The van der Waals surface area contributed by atoms with Gasteiger partial charge in [0.15, 0.2) is 0 Å². The molecule has 1 heterocycles. The van der Waals surface area contributed by atoms with E-state index in [0.29, 0.717) is 0 Å². The minimum Gasteiger partial charge on any atom is -0.393 e. The molecule has 0 aliphatic rings.